The summed E-state index contributed by atoms with van der Waals surface area (Å²) in [5.74, 6) is -2.52. The predicted molar refractivity (Wildman–Crippen MR) is 127 cm³/mol. The Kier molecular flexibility index (Phi) is 7.83. The van der Waals surface area contributed by atoms with Crippen molar-refractivity contribution in [3.63, 3.8) is 0 Å². The van der Waals surface area contributed by atoms with Gasteiger partial charge in [-0.3, -0.25) is 14.4 Å². The molecule has 0 unspecified atom stereocenters. The number of amides is 3. The van der Waals surface area contributed by atoms with E-state index in [1.54, 1.807) is 54.6 Å². The zero-order valence-electron chi connectivity index (χ0n) is 16.2. The largest absolute Gasteiger partial charge is 0.329 e. The summed E-state index contributed by atoms with van der Waals surface area (Å²) in [6.07, 6.45) is 1.26. The minimum Gasteiger partial charge on any atom is -0.322 e. The Balaban J connectivity index is 1.65. The fourth-order valence-corrected chi connectivity index (χ4v) is 3.01. The van der Waals surface area contributed by atoms with E-state index < -0.39 is 17.7 Å². The highest BCUT2D eigenvalue weighted by Gasteiger charge is 2.18. The van der Waals surface area contributed by atoms with Crippen LogP contribution in [0.15, 0.2) is 71.8 Å². The van der Waals surface area contributed by atoms with Crippen molar-refractivity contribution in [1.82, 2.24) is 5.43 Å². The second-order valence-electron chi connectivity index (χ2n) is 6.30. The minimum absolute atomic E-state index is 0.154. The summed E-state index contributed by atoms with van der Waals surface area (Å²) >= 11 is 17.8. The average Bonchev–Trinajstić information content (AvgIpc) is 2.78. The van der Waals surface area contributed by atoms with Gasteiger partial charge in [-0.05, 0) is 42.5 Å². The zero-order valence-corrected chi connectivity index (χ0v) is 18.5. The van der Waals surface area contributed by atoms with Gasteiger partial charge in [0.25, 0.3) is 5.91 Å². The van der Waals surface area contributed by atoms with Gasteiger partial charge in [-0.15, -0.1) is 0 Å². The molecule has 0 bridgehead atoms. The number of hydrogen-bond donors (Lipinski definition) is 3. The number of carbonyl (C=O) groups is 3. The lowest BCUT2D eigenvalue weighted by molar-refractivity contribution is -0.136. The molecule has 0 fully saturated rings. The normalized spacial score (nSPS) is 10.6. The highest BCUT2D eigenvalue weighted by atomic mass is 35.5. The van der Waals surface area contributed by atoms with Crippen molar-refractivity contribution in [2.75, 3.05) is 10.6 Å². The first kappa shape index (κ1) is 23.3. The first-order valence-electron chi connectivity index (χ1n) is 9.09. The van der Waals surface area contributed by atoms with E-state index in [0.717, 1.165) is 0 Å². The Bertz CT molecular complexity index is 1200. The quantitative estimate of drug-likeness (QED) is 0.267. The van der Waals surface area contributed by atoms with Crippen molar-refractivity contribution in [3.8, 4) is 0 Å². The van der Waals surface area contributed by atoms with Gasteiger partial charge in [0, 0.05) is 16.3 Å². The van der Waals surface area contributed by atoms with Crippen molar-refractivity contribution in [1.29, 1.82) is 0 Å². The summed E-state index contributed by atoms with van der Waals surface area (Å²) < 4.78 is 0. The number of benzene rings is 3. The Hall–Kier alpha value is -3.39. The number of nitrogens with one attached hydrogen (secondary N) is 3. The van der Waals surface area contributed by atoms with E-state index in [-0.39, 0.29) is 16.3 Å². The van der Waals surface area contributed by atoms with Crippen LogP contribution in [-0.4, -0.2) is 23.9 Å². The third kappa shape index (κ3) is 6.07. The second-order valence-corrected chi connectivity index (χ2v) is 7.52. The number of anilines is 2. The van der Waals surface area contributed by atoms with Gasteiger partial charge in [-0.25, -0.2) is 5.43 Å². The Morgan fingerprint density at radius 1 is 0.781 bits per heavy atom. The van der Waals surface area contributed by atoms with Gasteiger partial charge in [0.05, 0.1) is 27.5 Å². The monoisotopic (exact) mass is 488 g/mol. The van der Waals surface area contributed by atoms with Crippen LogP contribution in [0.25, 0.3) is 0 Å². The molecule has 32 heavy (non-hydrogen) atoms. The van der Waals surface area contributed by atoms with E-state index in [9.17, 15) is 14.4 Å². The van der Waals surface area contributed by atoms with Crippen LogP contribution in [0, 0.1) is 0 Å². The fourth-order valence-electron chi connectivity index (χ4n) is 2.53. The molecule has 0 spiro atoms. The Morgan fingerprint density at radius 2 is 1.50 bits per heavy atom. The molecule has 0 radical (unpaired) electrons. The van der Waals surface area contributed by atoms with Crippen molar-refractivity contribution < 1.29 is 14.4 Å². The third-order valence-corrected chi connectivity index (χ3v) is 5.16. The van der Waals surface area contributed by atoms with E-state index in [2.05, 4.69) is 21.2 Å². The number of rotatable bonds is 5. The molecule has 162 valence electrons. The molecular weight excluding hydrogens is 475 g/mol. The van der Waals surface area contributed by atoms with Crippen LogP contribution < -0.4 is 16.1 Å². The molecule has 10 heteroatoms. The van der Waals surface area contributed by atoms with Crippen molar-refractivity contribution in [3.05, 3.63) is 92.9 Å². The topological polar surface area (TPSA) is 99.7 Å². The van der Waals surface area contributed by atoms with Crippen molar-refractivity contribution in [2.24, 2.45) is 5.10 Å². The van der Waals surface area contributed by atoms with Crippen LogP contribution in [0.5, 0.6) is 0 Å². The lowest BCUT2D eigenvalue weighted by Gasteiger charge is -2.11. The number of carbonyl (C=O) groups excluding carboxylic acids is 3. The molecule has 0 aromatic heterocycles. The Labute approximate surface area is 198 Å². The van der Waals surface area contributed by atoms with Crippen LogP contribution in [0.1, 0.15) is 15.9 Å². The molecule has 3 aromatic carbocycles. The molecule has 0 aliphatic carbocycles. The number of hydrogen-bond acceptors (Lipinski definition) is 4. The molecule has 0 atom stereocenters. The van der Waals surface area contributed by atoms with E-state index in [1.165, 1.54) is 18.3 Å². The third-order valence-electron chi connectivity index (χ3n) is 4.08. The van der Waals surface area contributed by atoms with Crippen LogP contribution in [-0.2, 0) is 9.59 Å². The Morgan fingerprint density at radius 3 is 2.25 bits per heavy atom. The number of halogens is 3. The number of para-hydroxylation sites is 1. The summed E-state index contributed by atoms with van der Waals surface area (Å²) in [6.45, 7) is 0. The first-order chi connectivity index (χ1) is 15.3. The van der Waals surface area contributed by atoms with E-state index in [0.29, 0.717) is 21.3 Å². The maximum atomic E-state index is 12.6. The second kappa shape index (κ2) is 10.8. The van der Waals surface area contributed by atoms with Gasteiger partial charge in [0.2, 0.25) is 0 Å². The molecule has 0 saturated carbocycles. The first-order valence-corrected chi connectivity index (χ1v) is 10.2. The average molecular weight is 490 g/mol. The molecule has 3 amide bonds. The molecule has 0 saturated heterocycles. The molecule has 0 aliphatic heterocycles. The highest BCUT2D eigenvalue weighted by Crippen LogP contribution is 2.24. The van der Waals surface area contributed by atoms with Crippen molar-refractivity contribution >= 4 is 70.1 Å². The number of nitrogens with zero attached hydrogens (tertiary/aromatic N) is 1. The molecule has 0 heterocycles. The zero-order chi connectivity index (χ0) is 23.1. The van der Waals surface area contributed by atoms with E-state index in [1.807, 2.05) is 0 Å². The van der Waals surface area contributed by atoms with Crippen LogP contribution in [0.3, 0.4) is 0 Å². The van der Waals surface area contributed by atoms with Gasteiger partial charge in [0.1, 0.15) is 0 Å². The van der Waals surface area contributed by atoms with Crippen LogP contribution in [0.2, 0.25) is 15.1 Å². The minimum atomic E-state index is -1.03. The molecule has 3 N–H and O–H groups in total. The smallest absolute Gasteiger partial charge is 0.322 e. The van der Waals surface area contributed by atoms with Gasteiger partial charge < -0.3 is 10.6 Å². The summed E-state index contributed by atoms with van der Waals surface area (Å²) in [5.41, 5.74) is 3.40. The molecular formula is C22H15Cl3N4O3. The molecule has 3 aromatic rings. The number of hydrazone groups is 1. The molecule has 7 nitrogen and oxygen atoms in total. The maximum absolute atomic E-state index is 12.6. The molecule has 0 aliphatic rings. The van der Waals surface area contributed by atoms with Gasteiger partial charge >= 0.3 is 11.8 Å². The summed E-state index contributed by atoms with van der Waals surface area (Å²) in [6, 6.07) is 17.7. The summed E-state index contributed by atoms with van der Waals surface area (Å²) in [5, 5.41) is 9.92. The standard InChI is InChI=1S/C22H15Cl3N4O3/c23-14-8-10-15(11-9-14)27-20(30)16-5-1-2-7-18(16)28-21(31)22(32)29-26-12-13-4-3-6-17(24)19(13)25/h1-12H,(H,27,30)(H,28,31)(H,29,32)/b26-12-. The van der Waals surface area contributed by atoms with Crippen LogP contribution in [0.4, 0.5) is 11.4 Å². The van der Waals surface area contributed by atoms with Crippen LogP contribution >= 0.6 is 34.8 Å². The van der Waals surface area contributed by atoms with Crippen molar-refractivity contribution in [2.45, 2.75) is 0 Å². The van der Waals surface area contributed by atoms with Gasteiger partial charge in [0.15, 0.2) is 0 Å². The SMILES string of the molecule is O=C(N/N=C\c1cccc(Cl)c1Cl)C(=O)Nc1ccccc1C(=O)Nc1ccc(Cl)cc1. The van der Waals surface area contributed by atoms with Gasteiger partial charge in [-0.1, -0.05) is 59.1 Å². The fraction of sp³-hybridized carbons (Fsp3) is 0. The summed E-state index contributed by atoms with van der Waals surface area (Å²) in [4.78, 5) is 37.0. The lowest BCUT2D eigenvalue weighted by Crippen LogP contribution is -2.33. The van der Waals surface area contributed by atoms with E-state index >= 15 is 0 Å². The highest BCUT2D eigenvalue weighted by molar-refractivity contribution is 6.43. The predicted octanol–water partition coefficient (Wildman–Crippen LogP) is 4.99. The van der Waals surface area contributed by atoms with Gasteiger partial charge in [-0.2, -0.15) is 5.10 Å². The molecule has 3 rings (SSSR count). The lowest BCUT2D eigenvalue weighted by atomic mass is 10.1. The van der Waals surface area contributed by atoms with E-state index in [4.69, 9.17) is 34.8 Å². The summed E-state index contributed by atoms with van der Waals surface area (Å²) in [7, 11) is 0. The maximum Gasteiger partial charge on any atom is 0.329 e.